The van der Waals surface area contributed by atoms with Crippen molar-refractivity contribution in [3.63, 3.8) is 0 Å². The van der Waals surface area contributed by atoms with E-state index in [0.29, 0.717) is 12.1 Å². The van der Waals surface area contributed by atoms with Crippen LogP contribution in [-0.4, -0.2) is 50.2 Å². The zero-order valence-electron chi connectivity index (χ0n) is 13.2. The van der Waals surface area contributed by atoms with Crippen molar-refractivity contribution < 1.29 is 0 Å². The highest BCUT2D eigenvalue weighted by molar-refractivity contribution is 5.44. The molecule has 1 unspecified atom stereocenters. The van der Waals surface area contributed by atoms with E-state index in [0.717, 1.165) is 13.1 Å². The van der Waals surface area contributed by atoms with E-state index in [4.69, 9.17) is 0 Å². The molecule has 1 heterocycles. The maximum atomic E-state index is 3.70. The lowest BCUT2D eigenvalue weighted by molar-refractivity contribution is 0.268. The van der Waals surface area contributed by atoms with E-state index in [2.05, 4.69) is 66.3 Å². The van der Waals surface area contributed by atoms with E-state index in [1.54, 1.807) is 0 Å². The largest absolute Gasteiger partial charge is 0.375 e. The third-order valence-corrected chi connectivity index (χ3v) is 4.25. The summed E-state index contributed by atoms with van der Waals surface area (Å²) in [6.45, 7) is 9.27. The van der Waals surface area contributed by atoms with Crippen molar-refractivity contribution in [2.45, 2.75) is 38.8 Å². The molecule has 1 aromatic carbocycles. The molecule has 1 aliphatic heterocycles. The number of benzene rings is 1. The summed E-state index contributed by atoms with van der Waals surface area (Å²) < 4.78 is 0. The number of para-hydroxylation sites is 1. The van der Waals surface area contributed by atoms with Crippen LogP contribution in [0.15, 0.2) is 30.3 Å². The second kappa shape index (κ2) is 7.65. The molecule has 1 N–H and O–H groups in total. The second-order valence-corrected chi connectivity index (χ2v) is 6.14. The van der Waals surface area contributed by atoms with E-state index in [1.807, 2.05) is 0 Å². The van der Waals surface area contributed by atoms with Gasteiger partial charge in [-0.15, -0.1) is 0 Å². The summed E-state index contributed by atoms with van der Waals surface area (Å²) in [4.78, 5) is 4.89. The van der Waals surface area contributed by atoms with Crippen LogP contribution in [0.2, 0.25) is 0 Å². The Hall–Kier alpha value is -1.06. The smallest absolute Gasteiger partial charge is 0.0363 e. The number of hydrogen-bond acceptors (Lipinski definition) is 3. The molecule has 0 bridgehead atoms. The Morgan fingerprint density at radius 2 is 2.05 bits per heavy atom. The number of rotatable bonds is 7. The lowest BCUT2D eigenvalue weighted by atomic mass is 10.2. The Labute approximate surface area is 124 Å². The van der Waals surface area contributed by atoms with Gasteiger partial charge in [-0.3, -0.25) is 4.90 Å². The van der Waals surface area contributed by atoms with E-state index in [1.165, 1.54) is 31.6 Å². The molecule has 0 radical (unpaired) electrons. The van der Waals surface area contributed by atoms with Crippen LogP contribution in [0.3, 0.4) is 0 Å². The molecule has 20 heavy (non-hydrogen) atoms. The quantitative estimate of drug-likeness (QED) is 0.772. The normalized spacial score (nSPS) is 19.7. The lowest BCUT2D eigenvalue weighted by Gasteiger charge is -2.21. The van der Waals surface area contributed by atoms with Gasteiger partial charge < -0.3 is 10.2 Å². The molecular formula is C17H29N3. The molecule has 1 atom stereocenters. The van der Waals surface area contributed by atoms with Gasteiger partial charge in [0.2, 0.25) is 0 Å². The van der Waals surface area contributed by atoms with E-state index >= 15 is 0 Å². The van der Waals surface area contributed by atoms with Crippen LogP contribution in [0.5, 0.6) is 0 Å². The van der Waals surface area contributed by atoms with Crippen LogP contribution in [0.1, 0.15) is 26.7 Å². The fourth-order valence-electron chi connectivity index (χ4n) is 2.86. The van der Waals surface area contributed by atoms with E-state index in [9.17, 15) is 0 Å². The fourth-order valence-corrected chi connectivity index (χ4v) is 2.86. The molecule has 0 spiro atoms. The van der Waals surface area contributed by atoms with Crippen LogP contribution in [0.25, 0.3) is 0 Å². The van der Waals surface area contributed by atoms with Crippen molar-refractivity contribution in [2.24, 2.45) is 0 Å². The Balaban J connectivity index is 1.60. The first kappa shape index (κ1) is 15.3. The number of anilines is 1. The minimum Gasteiger partial charge on any atom is -0.375 e. The van der Waals surface area contributed by atoms with Crippen molar-refractivity contribution in [3.8, 4) is 0 Å². The summed E-state index contributed by atoms with van der Waals surface area (Å²) in [5, 5.41) is 3.70. The first-order chi connectivity index (χ1) is 9.66. The van der Waals surface area contributed by atoms with Gasteiger partial charge >= 0.3 is 0 Å². The first-order valence-corrected chi connectivity index (χ1v) is 7.90. The molecule has 112 valence electrons. The van der Waals surface area contributed by atoms with Gasteiger partial charge in [0.25, 0.3) is 0 Å². The van der Waals surface area contributed by atoms with Crippen LogP contribution in [0, 0.1) is 0 Å². The number of nitrogens with zero attached hydrogens (tertiary/aromatic N) is 2. The molecule has 3 nitrogen and oxygen atoms in total. The highest BCUT2D eigenvalue weighted by Crippen LogP contribution is 2.13. The summed E-state index contributed by atoms with van der Waals surface area (Å²) in [6, 6.07) is 12.0. The molecule has 2 rings (SSSR count). The third-order valence-electron chi connectivity index (χ3n) is 4.25. The number of nitrogens with one attached hydrogen (secondary N) is 1. The average molecular weight is 275 g/mol. The Bertz CT molecular complexity index is 377. The number of likely N-dealkylation sites (tertiary alicyclic amines) is 1. The molecule has 1 fully saturated rings. The molecule has 0 saturated carbocycles. The van der Waals surface area contributed by atoms with Crippen LogP contribution < -0.4 is 10.2 Å². The average Bonchev–Trinajstić information content (AvgIpc) is 2.93. The SMILES string of the molecule is CC(C)N1CCC(NCCCN(C)c2ccccc2)C1. The van der Waals surface area contributed by atoms with Crippen LogP contribution in [-0.2, 0) is 0 Å². The minimum atomic E-state index is 0.686. The molecule has 1 aliphatic rings. The topological polar surface area (TPSA) is 18.5 Å². The van der Waals surface area contributed by atoms with Gasteiger partial charge in [-0.1, -0.05) is 18.2 Å². The minimum absolute atomic E-state index is 0.686. The molecule has 0 aliphatic carbocycles. The van der Waals surface area contributed by atoms with Gasteiger partial charge in [0.1, 0.15) is 0 Å². The van der Waals surface area contributed by atoms with Crippen molar-refractivity contribution in [3.05, 3.63) is 30.3 Å². The third kappa shape index (κ3) is 4.50. The van der Waals surface area contributed by atoms with Gasteiger partial charge in [0.15, 0.2) is 0 Å². The first-order valence-electron chi connectivity index (χ1n) is 7.90. The molecule has 1 saturated heterocycles. The summed E-state index contributed by atoms with van der Waals surface area (Å²) in [5.74, 6) is 0. The second-order valence-electron chi connectivity index (χ2n) is 6.14. The van der Waals surface area contributed by atoms with Gasteiger partial charge in [-0.05, 0) is 51.9 Å². The molecule has 3 heteroatoms. The Kier molecular flexibility index (Phi) is 5.86. The lowest BCUT2D eigenvalue weighted by Crippen LogP contribution is -2.36. The predicted octanol–water partition coefficient (Wildman–Crippen LogP) is 2.59. The van der Waals surface area contributed by atoms with Crippen molar-refractivity contribution in [2.75, 3.05) is 38.1 Å². The molecule has 0 aromatic heterocycles. The Morgan fingerprint density at radius 3 is 2.70 bits per heavy atom. The summed E-state index contributed by atoms with van der Waals surface area (Å²) >= 11 is 0. The molecule has 1 aromatic rings. The predicted molar refractivity (Wildman–Crippen MR) is 87.4 cm³/mol. The van der Waals surface area contributed by atoms with E-state index < -0.39 is 0 Å². The monoisotopic (exact) mass is 275 g/mol. The molecular weight excluding hydrogens is 246 g/mol. The highest BCUT2D eigenvalue weighted by atomic mass is 15.2. The van der Waals surface area contributed by atoms with Crippen molar-refractivity contribution in [1.29, 1.82) is 0 Å². The van der Waals surface area contributed by atoms with Crippen LogP contribution >= 0.6 is 0 Å². The van der Waals surface area contributed by atoms with Crippen molar-refractivity contribution >= 4 is 5.69 Å². The zero-order chi connectivity index (χ0) is 14.4. The summed E-state index contributed by atoms with van der Waals surface area (Å²) in [7, 11) is 2.17. The fraction of sp³-hybridized carbons (Fsp3) is 0.647. The summed E-state index contributed by atoms with van der Waals surface area (Å²) in [6.07, 6.45) is 2.50. The maximum Gasteiger partial charge on any atom is 0.0363 e. The van der Waals surface area contributed by atoms with Crippen LogP contribution in [0.4, 0.5) is 5.69 Å². The van der Waals surface area contributed by atoms with Gasteiger partial charge in [-0.2, -0.15) is 0 Å². The molecule has 0 amide bonds. The van der Waals surface area contributed by atoms with Crippen molar-refractivity contribution in [1.82, 2.24) is 10.2 Å². The zero-order valence-corrected chi connectivity index (χ0v) is 13.2. The Morgan fingerprint density at radius 1 is 1.30 bits per heavy atom. The summed E-state index contributed by atoms with van der Waals surface area (Å²) in [5.41, 5.74) is 1.30. The van der Waals surface area contributed by atoms with Gasteiger partial charge in [0.05, 0.1) is 0 Å². The van der Waals surface area contributed by atoms with Gasteiger partial charge in [-0.25, -0.2) is 0 Å². The highest BCUT2D eigenvalue weighted by Gasteiger charge is 2.23. The van der Waals surface area contributed by atoms with Gasteiger partial charge in [0, 0.05) is 37.9 Å². The maximum absolute atomic E-state index is 3.70. The number of hydrogen-bond donors (Lipinski definition) is 1. The standard InChI is InChI=1S/C17H29N3/c1-15(2)20-13-10-16(14-20)18-11-7-12-19(3)17-8-5-4-6-9-17/h4-6,8-9,15-16,18H,7,10-14H2,1-3H3. The van der Waals surface area contributed by atoms with E-state index in [-0.39, 0.29) is 0 Å².